The Morgan fingerprint density at radius 1 is 1.20 bits per heavy atom. The van der Waals surface area contributed by atoms with E-state index >= 15 is 0 Å². The van der Waals surface area contributed by atoms with E-state index in [9.17, 15) is 18.8 Å². The van der Waals surface area contributed by atoms with Gasteiger partial charge in [-0.3, -0.25) is 19.3 Å². The highest BCUT2D eigenvalue weighted by atomic mass is 35.5. The number of hydrogen-bond acceptors (Lipinski definition) is 6. The molecule has 0 atom stereocenters. The van der Waals surface area contributed by atoms with Crippen molar-refractivity contribution in [3.05, 3.63) is 57.7 Å². The molecule has 7 nitrogen and oxygen atoms in total. The SMILES string of the molecule is COc1ccc(OC)c(/C=C2/SC(=O)N(CC(=O)Nc3ccc(F)c(Cl)c3)C2=O)c1. The molecular formula is C20H16ClFN2O5S. The molecule has 2 aromatic carbocycles. The van der Waals surface area contributed by atoms with Crippen LogP contribution in [-0.2, 0) is 9.59 Å². The molecule has 1 heterocycles. The predicted molar refractivity (Wildman–Crippen MR) is 112 cm³/mol. The van der Waals surface area contributed by atoms with Crippen LogP contribution in [0.5, 0.6) is 11.5 Å². The topological polar surface area (TPSA) is 84.9 Å². The van der Waals surface area contributed by atoms with Gasteiger partial charge in [0.15, 0.2) is 0 Å². The minimum Gasteiger partial charge on any atom is -0.497 e. The minimum absolute atomic E-state index is 0.143. The van der Waals surface area contributed by atoms with Gasteiger partial charge < -0.3 is 14.8 Å². The molecule has 3 amide bonds. The molecule has 0 aliphatic carbocycles. The quantitative estimate of drug-likeness (QED) is 0.665. The van der Waals surface area contributed by atoms with Crippen LogP contribution in [0.1, 0.15) is 5.56 Å². The van der Waals surface area contributed by atoms with Crippen molar-refractivity contribution < 1.29 is 28.2 Å². The third kappa shape index (κ3) is 4.74. The normalized spacial score (nSPS) is 14.9. The summed E-state index contributed by atoms with van der Waals surface area (Å²) in [6.45, 7) is -0.494. The molecule has 0 radical (unpaired) electrons. The highest BCUT2D eigenvalue weighted by Crippen LogP contribution is 2.35. The van der Waals surface area contributed by atoms with Crippen LogP contribution in [0.3, 0.4) is 0 Å². The summed E-state index contributed by atoms with van der Waals surface area (Å²) in [6.07, 6.45) is 1.50. The van der Waals surface area contributed by atoms with E-state index in [1.54, 1.807) is 18.2 Å². The van der Waals surface area contributed by atoms with Gasteiger partial charge in [-0.25, -0.2) is 4.39 Å². The van der Waals surface area contributed by atoms with Crippen molar-refractivity contribution in [1.82, 2.24) is 4.90 Å². The summed E-state index contributed by atoms with van der Waals surface area (Å²) in [5.41, 5.74) is 0.794. The summed E-state index contributed by atoms with van der Waals surface area (Å²) in [6, 6.07) is 8.70. The first-order valence-corrected chi connectivity index (χ1v) is 9.74. The van der Waals surface area contributed by atoms with Crippen LogP contribution in [0, 0.1) is 5.82 Å². The van der Waals surface area contributed by atoms with Gasteiger partial charge in [-0.1, -0.05) is 11.6 Å². The van der Waals surface area contributed by atoms with Crippen molar-refractivity contribution in [1.29, 1.82) is 0 Å². The lowest BCUT2D eigenvalue weighted by atomic mass is 10.1. The number of thioether (sulfide) groups is 1. The minimum atomic E-state index is -0.626. The van der Waals surface area contributed by atoms with Crippen LogP contribution >= 0.6 is 23.4 Å². The van der Waals surface area contributed by atoms with Crippen molar-refractivity contribution >= 4 is 52.2 Å². The zero-order valence-corrected chi connectivity index (χ0v) is 17.5. The zero-order chi connectivity index (χ0) is 21.8. The maximum absolute atomic E-state index is 13.2. The molecule has 0 aromatic heterocycles. The number of amides is 3. The van der Waals surface area contributed by atoms with Crippen molar-refractivity contribution in [3.8, 4) is 11.5 Å². The standard InChI is InChI=1S/C20H16ClFN2O5S/c1-28-13-4-6-16(29-2)11(7-13)8-17-19(26)24(20(27)30-17)10-18(25)23-12-3-5-15(22)14(21)9-12/h3-9H,10H2,1-2H3,(H,23,25)/b17-8+. The van der Waals surface area contributed by atoms with Crippen molar-refractivity contribution in [3.63, 3.8) is 0 Å². The molecule has 0 spiro atoms. The Balaban J connectivity index is 1.75. The molecule has 156 valence electrons. The maximum atomic E-state index is 13.2. The molecule has 0 saturated carbocycles. The number of hydrogen-bond donors (Lipinski definition) is 1. The van der Waals surface area contributed by atoms with E-state index in [0.717, 1.165) is 11.0 Å². The fourth-order valence-corrected chi connectivity index (χ4v) is 3.66. The number of carbonyl (C=O) groups excluding carboxylic acids is 3. The van der Waals surface area contributed by atoms with Crippen LogP contribution in [0.25, 0.3) is 6.08 Å². The second-order valence-corrected chi connectivity index (χ2v) is 7.45. The Morgan fingerprint density at radius 2 is 1.97 bits per heavy atom. The van der Waals surface area contributed by atoms with E-state index in [0.29, 0.717) is 28.8 Å². The van der Waals surface area contributed by atoms with Gasteiger partial charge in [0.05, 0.1) is 24.1 Å². The van der Waals surface area contributed by atoms with Gasteiger partial charge in [-0.15, -0.1) is 0 Å². The number of ether oxygens (including phenoxy) is 2. The van der Waals surface area contributed by atoms with E-state index in [-0.39, 0.29) is 15.6 Å². The second kappa shape index (κ2) is 9.19. The fourth-order valence-electron chi connectivity index (χ4n) is 2.65. The van der Waals surface area contributed by atoms with Crippen LogP contribution in [-0.4, -0.2) is 42.7 Å². The summed E-state index contributed by atoms with van der Waals surface area (Å²) in [5, 5.41) is 1.73. The van der Waals surface area contributed by atoms with Crippen LogP contribution in [0.2, 0.25) is 5.02 Å². The molecule has 0 bridgehead atoms. The van der Waals surface area contributed by atoms with E-state index in [1.165, 1.54) is 32.4 Å². The van der Waals surface area contributed by atoms with Crippen LogP contribution < -0.4 is 14.8 Å². The number of methoxy groups -OCH3 is 2. The highest BCUT2D eigenvalue weighted by Gasteiger charge is 2.36. The smallest absolute Gasteiger partial charge is 0.294 e. The molecule has 0 unspecified atom stereocenters. The number of halogens is 2. The molecule has 3 rings (SSSR count). The highest BCUT2D eigenvalue weighted by molar-refractivity contribution is 8.18. The average Bonchev–Trinajstić information content (AvgIpc) is 2.98. The number of benzene rings is 2. The molecule has 1 saturated heterocycles. The Morgan fingerprint density at radius 3 is 2.63 bits per heavy atom. The predicted octanol–water partition coefficient (Wildman–Crippen LogP) is 4.17. The molecule has 1 aliphatic heterocycles. The van der Waals surface area contributed by atoms with E-state index in [2.05, 4.69) is 5.32 Å². The molecule has 30 heavy (non-hydrogen) atoms. The summed E-state index contributed by atoms with van der Waals surface area (Å²) in [7, 11) is 2.99. The van der Waals surface area contributed by atoms with Crippen molar-refractivity contribution in [2.24, 2.45) is 0 Å². The van der Waals surface area contributed by atoms with Gasteiger partial charge in [-0.05, 0) is 54.2 Å². The number of rotatable bonds is 6. The first-order valence-electron chi connectivity index (χ1n) is 8.54. The number of nitrogens with zero attached hydrogens (tertiary/aromatic N) is 1. The second-order valence-electron chi connectivity index (χ2n) is 6.05. The lowest BCUT2D eigenvalue weighted by molar-refractivity contribution is -0.127. The number of imide groups is 1. The largest absolute Gasteiger partial charge is 0.497 e. The third-order valence-electron chi connectivity index (χ3n) is 4.10. The Kier molecular flexibility index (Phi) is 6.63. The van der Waals surface area contributed by atoms with Gasteiger partial charge in [0.25, 0.3) is 11.1 Å². The molecule has 1 N–H and O–H groups in total. The summed E-state index contributed by atoms with van der Waals surface area (Å²) < 4.78 is 23.7. The lowest BCUT2D eigenvalue weighted by Gasteiger charge is -2.12. The van der Waals surface area contributed by atoms with Crippen molar-refractivity contribution in [2.75, 3.05) is 26.1 Å². The number of nitrogens with one attached hydrogen (secondary N) is 1. The molecule has 1 aliphatic rings. The summed E-state index contributed by atoms with van der Waals surface area (Å²) >= 11 is 6.39. The van der Waals surface area contributed by atoms with Crippen molar-refractivity contribution in [2.45, 2.75) is 0 Å². The van der Waals surface area contributed by atoms with E-state index in [1.807, 2.05) is 0 Å². The molecule has 10 heteroatoms. The monoisotopic (exact) mass is 450 g/mol. The van der Waals surface area contributed by atoms with Crippen LogP contribution in [0.15, 0.2) is 41.3 Å². The average molecular weight is 451 g/mol. The Bertz CT molecular complexity index is 1060. The van der Waals surface area contributed by atoms with E-state index in [4.69, 9.17) is 21.1 Å². The Hall–Kier alpha value is -3.04. The Labute approximate surface area is 180 Å². The first-order chi connectivity index (χ1) is 14.3. The van der Waals surface area contributed by atoms with Gasteiger partial charge >= 0.3 is 0 Å². The van der Waals surface area contributed by atoms with Gasteiger partial charge in [0.2, 0.25) is 5.91 Å². The molecule has 2 aromatic rings. The van der Waals surface area contributed by atoms with E-state index < -0.39 is 29.4 Å². The third-order valence-corrected chi connectivity index (χ3v) is 5.30. The molecular weight excluding hydrogens is 435 g/mol. The lowest BCUT2D eigenvalue weighted by Crippen LogP contribution is -2.36. The fraction of sp³-hybridized carbons (Fsp3) is 0.150. The van der Waals surface area contributed by atoms with Gasteiger partial charge in [0.1, 0.15) is 23.9 Å². The first kappa shape index (κ1) is 21.7. The summed E-state index contributed by atoms with van der Waals surface area (Å²) in [5.74, 6) is -0.812. The van der Waals surface area contributed by atoms with Crippen LogP contribution in [0.4, 0.5) is 14.9 Å². The zero-order valence-electron chi connectivity index (χ0n) is 15.9. The molecule has 1 fully saturated rings. The van der Waals surface area contributed by atoms with Gasteiger partial charge in [0, 0.05) is 11.3 Å². The summed E-state index contributed by atoms with van der Waals surface area (Å²) in [4.78, 5) is 38.1. The number of carbonyl (C=O) groups is 3. The van der Waals surface area contributed by atoms with Gasteiger partial charge in [-0.2, -0.15) is 0 Å². The number of anilines is 1. The maximum Gasteiger partial charge on any atom is 0.294 e.